The van der Waals surface area contributed by atoms with Crippen LogP contribution in [-0.4, -0.2) is 64.3 Å². The Balaban J connectivity index is 1.62. The van der Waals surface area contributed by atoms with Crippen LogP contribution in [0.2, 0.25) is 0 Å². The van der Waals surface area contributed by atoms with Crippen molar-refractivity contribution in [3.8, 4) is 0 Å². The Hall–Kier alpha value is -0.300. The Morgan fingerprint density at radius 1 is 1.22 bits per heavy atom. The van der Waals surface area contributed by atoms with Crippen LogP contribution in [0.4, 0.5) is 0 Å². The van der Waals surface area contributed by atoms with Crippen LogP contribution < -0.4 is 4.72 Å². The SMILES string of the molecule is CN1CC(N2C3CCC2CC([S+]([O-])NC=O)C3)C1. The van der Waals surface area contributed by atoms with Gasteiger partial charge in [-0.05, 0) is 19.9 Å². The number of likely N-dealkylation sites (tertiary alicyclic amines) is 1. The van der Waals surface area contributed by atoms with Crippen molar-refractivity contribution in [3.63, 3.8) is 0 Å². The van der Waals surface area contributed by atoms with Gasteiger partial charge in [-0.25, -0.2) is 0 Å². The highest BCUT2D eigenvalue weighted by molar-refractivity contribution is 7.90. The molecule has 5 nitrogen and oxygen atoms in total. The van der Waals surface area contributed by atoms with Gasteiger partial charge in [0.25, 0.3) is 0 Å². The second kappa shape index (κ2) is 5.00. The second-order valence-electron chi connectivity index (χ2n) is 5.83. The molecule has 3 unspecified atom stereocenters. The fraction of sp³-hybridized carbons (Fsp3) is 0.917. The van der Waals surface area contributed by atoms with Crippen LogP contribution in [-0.2, 0) is 16.2 Å². The van der Waals surface area contributed by atoms with E-state index in [1.54, 1.807) is 0 Å². The van der Waals surface area contributed by atoms with Gasteiger partial charge in [-0.15, -0.1) is 0 Å². The number of likely N-dealkylation sites (N-methyl/N-ethyl adjacent to an activating group) is 1. The Bertz CT molecular complexity index is 310. The lowest BCUT2D eigenvalue weighted by Gasteiger charge is -2.49. The summed E-state index contributed by atoms with van der Waals surface area (Å²) in [5.74, 6) is 0. The third-order valence-electron chi connectivity index (χ3n) is 4.68. The number of fused-ring (bicyclic) bond motifs is 2. The van der Waals surface area contributed by atoms with Crippen LogP contribution in [0, 0.1) is 0 Å². The van der Waals surface area contributed by atoms with Crippen molar-refractivity contribution in [2.24, 2.45) is 0 Å². The molecule has 0 aromatic heterocycles. The summed E-state index contributed by atoms with van der Waals surface area (Å²) in [6, 6.07) is 1.88. The fourth-order valence-corrected chi connectivity index (χ4v) is 5.01. The van der Waals surface area contributed by atoms with Crippen molar-refractivity contribution in [2.75, 3.05) is 20.1 Å². The van der Waals surface area contributed by atoms with Gasteiger partial charge in [0.05, 0.1) is 11.4 Å². The highest BCUT2D eigenvalue weighted by Gasteiger charge is 2.49. The molecule has 0 aliphatic carbocycles. The predicted molar refractivity (Wildman–Crippen MR) is 70.3 cm³/mol. The number of hydrogen-bond acceptors (Lipinski definition) is 4. The quantitative estimate of drug-likeness (QED) is 0.564. The molecule has 18 heavy (non-hydrogen) atoms. The maximum atomic E-state index is 11.9. The number of rotatable bonds is 4. The number of carbonyl (C=O) groups is 1. The van der Waals surface area contributed by atoms with Crippen LogP contribution in [0.25, 0.3) is 0 Å². The first-order valence-corrected chi connectivity index (χ1v) is 7.96. The lowest BCUT2D eigenvalue weighted by atomic mass is 9.96. The Morgan fingerprint density at radius 3 is 2.33 bits per heavy atom. The maximum Gasteiger partial charge on any atom is 0.248 e. The van der Waals surface area contributed by atoms with Crippen molar-refractivity contribution < 1.29 is 9.35 Å². The lowest BCUT2D eigenvalue weighted by molar-refractivity contribution is -0.108. The molecule has 1 amide bonds. The average Bonchev–Trinajstić information content (AvgIpc) is 2.56. The van der Waals surface area contributed by atoms with Crippen LogP contribution in [0.5, 0.6) is 0 Å². The number of piperidine rings is 1. The van der Waals surface area contributed by atoms with Gasteiger partial charge in [-0.1, -0.05) is 0 Å². The van der Waals surface area contributed by atoms with Gasteiger partial charge >= 0.3 is 0 Å². The van der Waals surface area contributed by atoms with E-state index in [2.05, 4.69) is 21.6 Å². The van der Waals surface area contributed by atoms with Crippen LogP contribution in [0.3, 0.4) is 0 Å². The Kier molecular flexibility index (Phi) is 3.53. The van der Waals surface area contributed by atoms with Crippen LogP contribution in [0.15, 0.2) is 0 Å². The molecule has 6 heteroatoms. The summed E-state index contributed by atoms with van der Waals surface area (Å²) < 4.78 is 14.3. The van der Waals surface area contributed by atoms with E-state index in [9.17, 15) is 9.35 Å². The third kappa shape index (κ3) is 2.15. The first-order valence-electron chi connectivity index (χ1n) is 6.75. The van der Waals surface area contributed by atoms with Crippen molar-refractivity contribution in [2.45, 2.75) is 49.1 Å². The molecule has 3 fully saturated rings. The van der Waals surface area contributed by atoms with E-state index in [4.69, 9.17) is 0 Å². The Morgan fingerprint density at radius 2 is 1.83 bits per heavy atom. The summed E-state index contributed by atoms with van der Waals surface area (Å²) in [5.41, 5.74) is 0. The van der Waals surface area contributed by atoms with Gasteiger partial charge in [0.2, 0.25) is 6.41 Å². The average molecular weight is 271 g/mol. The van der Waals surface area contributed by atoms with Gasteiger partial charge < -0.3 is 9.45 Å². The zero-order valence-electron chi connectivity index (χ0n) is 10.7. The zero-order chi connectivity index (χ0) is 12.7. The minimum absolute atomic E-state index is 0.154. The zero-order valence-corrected chi connectivity index (χ0v) is 11.6. The first-order chi connectivity index (χ1) is 8.69. The lowest BCUT2D eigenvalue weighted by Crippen LogP contribution is -2.63. The Labute approximate surface area is 111 Å². The summed E-state index contributed by atoms with van der Waals surface area (Å²) in [7, 11) is 2.16. The second-order valence-corrected chi connectivity index (χ2v) is 7.33. The smallest absolute Gasteiger partial charge is 0.248 e. The van der Waals surface area contributed by atoms with Gasteiger partial charge in [0, 0.05) is 44.1 Å². The molecule has 3 atom stereocenters. The van der Waals surface area contributed by atoms with Crippen molar-refractivity contribution >= 4 is 17.8 Å². The molecule has 0 radical (unpaired) electrons. The molecule has 3 aliphatic rings. The van der Waals surface area contributed by atoms with E-state index < -0.39 is 11.4 Å². The maximum absolute atomic E-state index is 11.9. The summed E-state index contributed by atoms with van der Waals surface area (Å²) >= 11 is -1.18. The number of amides is 1. The topological polar surface area (TPSA) is 58.6 Å². The van der Waals surface area contributed by atoms with Gasteiger partial charge in [-0.3, -0.25) is 9.69 Å². The summed E-state index contributed by atoms with van der Waals surface area (Å²) in [6.07, 6.45) is 4.99. The van der Waals surface area contributed by atoms with Gasteiger partial charge in [0.15, 0.2) is 0 Å². The monoisotopic (exact) mass is 271 g/mol. The molecule has 3 heterocycles. The summed E-state index contributed by atoms with van der Waals surface area (Å²) in [4.78, 5) is 15.4. The molecule has 2 bridgehead atoms. The molecular weight excluding hydrogens is 250 g/mol. The molecule has 0 saturated carbocycles. The third-order valence-corrected chi connectivity index (χ3v) is 6.00. The highest BCUT2D eigenvalue weighted by atomic mass is 32.2. The minimum atomic E-state index is -1.18. The fourth-order valence-electron chi connectivity index (χ4n) is 3.93. The van der Waals surface area contributed by atoms with E-state index in [1.807, 2.05) is 0 Å². The summed E-state index contributed by atoms with van der Waals surface area (Å²) in [5, 5.41) is 0.154. The summed E-state index contributed by atoms with van der Waals surface area (Å²) in [6.45, 7) is 2.35. The highest BCUT2D eigenvalue weighted by Crippen LogP contribution is 2.40. The molecule has 3 saturated heterocycles. The molecule has 1 N–H and O–H groups in total. The normalized spacial score (nSPS) is 39.3. The molecule has 0 aromatic rings. The molecular formula is C12H21N3O2S. The molecule has 102 valence electrons. The number of nitrogens with zero attached hydrogens (tertiary/aromatic N) is 2. The number of nitrogens with one attached hydrogen (secondary N) is 1. The van der Waals surface area contributed by atoms with E-state index >= 15 is 0 Å². The van der Waals surface area contributed by atoms with E-state index in [1.165, 1.54) is 25.9 Å². The van der Waals surface area contributed by atoms with Crippen molar-refractivity contribution in [3.05, 3.63) is 0 Å². The van der Waals surface area contributed by atoms with E-state index in [-0.39, 0.29) is 5.25 Å². The van der Waals surface area contributed by atoms with Crippen LogP contribution >= 0.6 is 0 Å². The molecule has 0 spiro atoms. The van der Waals surface area contributed by atoms with Crippen LogP contribution in [0.1, 0.15) is 25.7 Å². The number of carbonyl (C=O) groups excluding carboxylic acids is 1. The minimum Gasteiger partial charge on any atom is -0.593 e. The van der Waals surface area contributed by atoms with Crippen molar-refractivity contribution in [1.29, 1.82) is 0 Å². The number of hydrogen-bond donors (Lipinski definition) is 1. The van der Waals surface area contributed by atoms with E-state index in [0.29, 0.717) is 24.5 Å². The first kappa shape index (κ1) is 12.7. The largest absolute Gasteiger partial charge is 0.593 e. The van der Waals surface area contributed by atoms with Gasteiger partial charge in [-0.2, -0.15) is 4.72 Å². The van der Waals surface area contributed by atoms with E-state index in [0.717, 1.165) is 12.8 Å². The molecule has 0 aromatic carbocycles. The standard InChI is InChI=1S/C12H21N3O2S/c1-14-6-11(7-14)15-9-2-3-10(15)5-12(4-9)18(17)13-8-16/h8-12H,2-7H2,1H3,(H,13,16). The van der Waals surface area contributed by atoms with Gasteiger partial charge in [0.1, 0.15) is 5.25 Å². The molecule has 3 rings (SSSR count). The molecule has 3 aliphatic heterocycles. The van der Waals surface area contributed by atoms with Crippen molar-refractivity contribution in [1.82, 2.24) is 14.5 Å². The predicted octanol–water partition coefficient (Wildman–Crippen LogP) is -0.294.